The lowest BCUT2D eigenvalue weighted by atomic mass is 10.1. The number of benzene rings is 1. The molecular formula is C18H12F4N4. The van der Waals surface area contributed by atoms with Gasteiger partial charge in [0.15, 0.2) is 0 Å². The number of hydrogen-bond donors (Lipinski definition) is 0. The quantitative estimate of drug-likeness (QED) is 0.506. The molecule has 0 unspecified atom stereocenters. The van der Waals surface area contributed by atoms with E-state index in [9.17, 15) is 17.6 Å². The average Bonchev–Trinajstić information content (AvgIpc) is 3.19. The molecule has 0 aliphatic carbocycles. The van der Waals surface area contributed by atoms with E-state index in [2.05, 4.69) is 9.97 Å². The molecule has 0 aliphatic rings. The maximum Gasteiger partial charge on any atom is 0.256 e. The summed E-state index contributed by atoms with van der Waals surface area (Å²) in [6.07, 6.45) is 1.27. The second-order valence-corrected chi connectivity index (χ2v) is 5.72. The first-order valence-corrected chi connectivity index (χ1v) is 7.75. The third-order valence-electron chi connectivity index (χ3n) is 4.02. The van der Waals surface area contributed by atoms with E-state index in [1.807, 2.05) is 0 Å². The molecule has 0 fully saturated rings. The second kappa shape index (κ2) is 6.29. The summed E-state index contributed by atoms with van der Waals surface area (Å²) in [6, 6.07) is 8.82. The molecule has 1 aromatic carbocycles. The Morgan fingerprint density at radius 1 is 0.923 bits per heavy atom. The topological polar surface area (TPSA) is 35.1 Å². The molecule has 4 nitrogen and oxygen atoms in total. The molecule has 0 saturated heterocycles. The zero-order chi connectivity index (χ0) is 18.3. The third kappa shape index (κ3) is 2.83. The zero-order valence-corrected chi connectivity index (χ0v) is 13.3. The predicted octanol–water partition coefficient (Wildman–Crippen LogP) is 4.41. The van der Waals surface area contributed by atoms with Gasteiger partial charge in [0.05, 0.1) is 30.5 Å². The van der Waals surface area contributed by atoms with Crippen molar-refractivity contribution in [1.29, 1.82) is 0 Å². The minimum Gasteiger partial charge on any atom is -0.324 e. The fraction of sp³-hybridized carbons (Fsp3) is 0.111. The van der Waals surface area contributed by atoms with Gasteiger partial charge in [-0.15, -0.1) is 0 Å². The Balaban J connectivity index is 1.92. The van der Waals surface area contributed by atoms with E-state index in [4.69, 9.17) is 0 Å². The lowest BCUT2D eigenvalue weighted by Gasteiger charge is -2.11. The van der Waals surface area contributed by atoms with Crippen LogP contribution in [0.4, 0.5) is 17.6 Å². The number of aromatic nitrogens is 4. The highest BCUT2D eigenvalue weighted by Crippen LogP contribution is 2.32. The number of alkyl halides is 2. The van der Waals surface area contributed by atoms with Crippen LogP contribution in [0.15, 0.2) is 55.1 Å². The molecule has 3 aromatic heterocycles. The number of halogens is 4. The number of hydrogen-bond acceptors (Lipinski definition) is 2. The van der Waals surface area contributed by atoms with E-state index in [1.165, 1.54) is 45.8 Å². The lowest BCUT2D eigenvalue weighted by Crippen LogP contribution is -2.07. The summed E-state index contributed by atoms with van der Waals surface area (Å²) >= 11 is 0. The fourth-order valence-electron chi connectivity index (χ4n) is 2.88. The molecule has 26 heavy (non-hydrogen) atoms. The number of pyridine rings is 1. The van der Waals surface area contributed by atoms with Gasteiger partial charge in [-0.25, -0.2) is 23.1 Å². The van der Waals surface area contributed by atoms with E-state index >= 15 is 0 Å². The first-order chi connectivity index (χ1) is 12.5. The predicted molar refractivity (Wildman–Crippen MR) is 87.8 cm³/mol. The van der Waals surface area contributed by atoms with Crippen LogP contribution in [0.2, 0.25) is 0 Å². The minimum absolute atomic E-state index is 0.395. The van der Waals surface area contributed by atoms with Gasteiger partial charge in [0.25, 0.3) is 6.43 Å². The molecule has 4 aromatic rings. The van der Waals surface area contributed by atoms with Gasteiger partial charge >= 0.3 is 0 Å². The highest BCUT2D eigenvalue weighted by atomic mass is 19.3. The highest BCUT2D eigenvalue weighted by Gasteiger charge is 2.18. The van der Waals surface area contributed by atoms with Crippen LogP contribution in [0.25, 0.3) is 28.2 Å². The molecule has 0 saturated carbocycles. The zero-order valence-electron chi connectivity index (χ0n) is 13.3. The van der Waals surface area contributed by atoms with E-state index < -0.39 is 24.7 Å². The van der Waals surface area contributed by atoms with Crippen LogP contribution in [0.1, 0.15) is 0 Å². The van der Waals surface area contributed by atoms with E-state index in [0.29, 0.717) is 28.2 Å². The Bertz CT molecular complexity index is 1070. The normalized spacial score (nSPS) is 11.6. The van der Waals surface area contributed by atoms with Crippen molar-refractivity contribution >= 4 is 5.65 Å². The first kappa shape index (κ1) is 16.3. The van der Waals surface area contributed by atoms with Crippen molar-refractivity contribution in [2.45, 2.75) is 13.0 Å². The van der Waals surface area contributed by atoms with Crippen molar-refractivity contribution in [3.8, 4) is 22.5 Å². The Kier molecular flexibility index (Phi) is 3.95. The van der Waals surface area contributed by atoms with Gasteiger partial charge in [-0.3, -0.25) is 4.40 Å². The van der Waals surface area contributed by atoms with Crippen molar-refractivity contribution < 1.29 is 17.6 Å². The molecule has 0 aliphatic heterocycles. The van der Waals surface area contributed by atoms with E-state index in [-0.39, 0.29) is 0 Å². The van der Waals surface area contributed by atoms with Crippen molar-refractivity contribution in [3.05, 3.63) is 66.9 Å². The Hall–Kier alpha value is -3.16. The maximum absolute atomic E-state index is 13.9. The second-order valence-electron chi connectivity index (χ2n) is 5.72. The van der Waals surface area contributed by atoms with Crippen LogP contribution in [0.5, 0.6) is 0 Å². The minimum atomic E-state index is -2.59. The van der Waals surface area contributed by atoms with Crippen molar-refractivity contribution in [1.82, 2.24) is 18.9 Å². The Morgan fingerprint density at radius 2 is 1.65 bits per heavy atom. The molecule has 0 bridgehead atoms. The average molecular weight is 360 g/mol. The van der Waals surface area contributed by atoms with Gasteiger partial charge in [0.1, 0.15) is 11.5 Å². The molecule has 3 heterocycles. The highest BCUT2D eigenvalue weighted by molar-refractivity contribution is 5.78. The lowest BCUT2D eigenvalue weighted by molar-refractivity contribution is 0.127. The molecule has 4 rings (SSSR count). The summed E-state index contributed by atoms with van der Waals surface area (Å²) in [5.41, 5.74) is 2.26. The summed E-state index contributed by atoms with van der Waals surface area (Å²) in [6.45, 7) is -0.562. The van der Waals surface area contributed by atoms with Crippen LogP contribution < -0.4 is 0 Å². The Morgan fingerprint density at radius 3 is 2.38 bits per heavy atom. The molecule has 132 valence electrons. The van der Waals surface area contributed by atoms with E-state index in [1.54, 1.807) is 12.1 Å². The van der Waals surface area contributed by atoms with Crippen LogP contribution in [-0.4, -0.2) is 25.4 Å². The van der Waals surface area contributed by atoms with Crippen molar-refractivity contribution in [2.24, 2.45) is 0 Å². The Labute approximate surface area is 145 Å². The standard InChI is InChI=1S/C18H12F4N4/c19-13-4-1-11(2-5-13)17-18(25(10-24-17)9-14(20)21)12-3-6-16-23-7-15(22)26(16)8-12/h1-8,10,14H,9H2. The largest absolute Gasteiger partial charge is 0.324 e. The SMILES string of the molecule is Fc1ccc(-c2ncn(CC(F)F)c2-c2ccc3ncc(F)n3c2)cc1. The summed E-state index contributed by atoms with van der Waals surface area (Å²) < 4.78 is 55.6. The molecule has 0 amide bonds. The monoisotopic (exact) mass is 360 g/mol. The third-order valence-corrected chi connectivity index (χ3v) is 4.02. The smallest absolute Gasteiger partial charge is 0.256 e. The summed E-state index contributed by atoms with van der Waals surface area (Å²) in [7, 11) is 0. The first-order valence-electron chi connectivity index (χ1n) is 7.75. The molecule has 0 atom stereocenters. The number of fused-ring (bicyclic) bond motifs is 1. The molecule has 8 heteroatoms. The van der Waals surface area contributed by atoms with Gasteiger partial charge in [-0.2, -0.15) is 4.39 Å². The number of nitrogens with zero attached hydrogens (tertiary/aromatic N) is 4. The number of rotatable bonds is 4. The van der Waals surface area contributed by atoms with Gasteiger partial charge in [0, 0.05) is 17.3 Å². The number of imidazole rings is 2. The van der Waals surface area contributed by atoms with Crippen molar-refractivity contribution in [3.63, 3.8) is 0 Å². The van der Waals surface area contributed by atoms with E-state index in [0.717, 1.165) is 6.20 Å². The maximum atomic E-state index is 13.9. The summed E-state index contributed by atoms with van der Waals surface area (Å²) in [5.74, 6) is -0.977. The van der Waals surface area contributed by atoms with Crippen LogP contribution in [-0.2, 0) is 6.54 Å². The van der Waals surface area contributed by atoms with Crippen LogP contribution in [0, 0.1) is 11.8 Å². The van der Waals surface area contributed by atoms with Crippen molar-refractivity contribution in [2.75, 3.05) is 0 Å². The van der Waals surface area contributed by atoms with Crippen LogP contribution >= 0.6 is 0 Å². The molecule has 0 N–H and O–H groups in total. The molecule has 0 radical (unpaired) electrons. The van der Waals surface area contributed by atoms with Gasteiger partial charge in [0.2, 0.25) is 5.95 Å². The molecule has 0 spiro atoms. The van der Waals surface area contributed by atoms with Gasteiger partial charge < -0.3 is 4.57 Å². The van der Waals surface area contributed by atoms with Gasteiger partial charge in [-0.05, 0) is 36.4 Å². The van der Waals surface area contributed by atoms with Gasteiger partial charge in [-0.1, -0.05) is 0 Å². The summed E-state index contributed by atoms with van der Waals surface area (Å²) in [5, 5.41) is 0. The summed E-state index contributed by atoms with van der Waals surface area (Å²) in [4.78, 5) is 8.13. The molecular weight excluding hydrogens is 348 g/mol. The fourth-order valence-corrected chi connectivity index (χ4v) is 2.88. The van der Waals surface area contributed by atoms with Crippen LogP contribution in [0.3, 0.4) is 0 Å².